The van der Waals surface area contributed by atoms with Crippen LogP contribution in [-0.2, 0) is 16.2 Å². The van der Waals surface area contributed by atoms with Crippen molar-refractivity contribution in [1.82, 2.24) is 0 Å². The highest BCUT2D eigenvalue weighted by Gasteiger charge is 2.52. The molecule has 10 aromatic rings. The van der Waals surface area contributed by atoms with Gasteiger partial charge in [0.25, 0.3) is 0 Å². The van der Waals surface area contributed by atoms with E-state index in [1.165, 1.54) is 117 Å². The van der Waals surface area contributed by atoms with E-state index in [2.05, 4.69) is 245 Å². The number of anilines is 3. The maximum absolute atomic E-state index is 2.55. The quantitative estimate of drug-likeness (QED) is 0.171. The zero-order valence-electron chi connectivity index (χ0n) is 37.7. The standard InChI is InChI=1S/C65H47N/c1-63(2)52-26-12-7-20-46(52)49-37-36-43(39-58(49)63)66(59-38-41-18-5-6-19-45(41)62-61(59)50-23-10-13-27-53(50)64(62,3)4)42-34-32-40(33-35-42)44-25-17-31-57-60(44)51-24-11-16-30-56(51)65(57)54-28-14-8-21-47(54)48-22-9-15-29-55(48)65/h5-39H,1-4H3. The Hall–Kier alpha value is -7.74. The van der Waals surface area contributed by atoms with E-state index in [0.29, 0.717) is 0 Å². The average molecular weight is 842 g/mol. The van der Waals surface area contributed by atoms with Gasteiger partial charge in [0.15, 0.2) is 0 Å². The molecule has 0 amide bonds. The average Bonchev–Trinajstić information content (AvgIpc) is 4.00. The van der Waals surface area contributed by atoms with Crippen LogP contribution in [0.15, 0.2) is 212 Å². The lowest BCUT2D eigenvalue weighted by molar-refractivity contribution is 0.660. The van der Waals surface area contributed by atoms with Crippen molar-refractivity contribution >= 4 is 27.8 Å². The van der Waals surface area contributed by atoms with Crippen molar-refractivity contribution in [3.05, 3.63) is 257 Å². The Morgan fingerprint density at radius 2 is 0.788 bits per heavy atom. The summed E-state index contributed by atoms with van der Waals surface area (Å²) in [6.45, 7) is 9.59. The third-order valence-electron chi connectivity index (χ3n) is 16.0. The number of rotatable bonds is 4. The van der Waals surface area contributed by atoms with E-state index >= 15 is 0 Å². The Kier molecular flexibility index (Phi) is 7.51. The summed E-state index contributed by atoms with van der Waals surface area (Å²) in [5.41, 5.74) is 26.9. The van der Waals surface area contributed by atoms with Gasteiger partial charge in [0.2, 0.25) is 0 Å². The molecule has 1 nitrogen and oxygen atoms in total. The number of benzene rings is 10. The van der Waals surface area contributed by atoms with Crippen molar-refractivity contribution in [3.8, 4) is 55.6 Å². The third-order valence-corrected chi connectivity index (χ3v) is 16.0. The first-order valence-corrected chi connectivity index (χ1v) is 23.5. The Morgan fingerprint density at radius 3 is 1.45 bits per heavy atom. The fourth-order valence-corrected chi connectivity index (χ4v) is 13.2. The molecule has 0 unspecified atom stereocenters. The minimum Gasteiger partial charge on any atom is -0.310 e. The molecule has 0 atom stereocenters. The lowest BCUT2D eigenvalue weighted by atomic mass is 9.70. The van der Waals surface area contributed by atoms with E-state index in [-0.39, 0.29) is 16.2 Å². The number of hydrogen-bond donors (Lipinski definition) is 0. The van der Waals surface area contributed by atoms with Gasteiger partial charge in [-0.3, -0.25) is 0 Å². The van der Waals surface area contributed by atoms with Gasteiger partial charge in [-0.15, -0.1) is 0 Å². The highest BCUT2D eigenvalue weighted by molar-refractivity contribution is 6.06. The monoisotopic (exact) mass is 841 g/mol. The summed E-state index contributed by atoms with van der Waals surface area (Å²) >= 11 is 0. The van der Waals surface area contributed by atoms with Gasteiger partial charge >= 0.3 is 0 Å². The van der Waals surface area contributed by atoms with Crippen molar-refractivity contribution < 1.29 is 0 Å². The second kappa shape index (κ2) is 13.2. The van der Waals surface area contributed by atoms with Crippen molar-refractivity contribution in [2.45, 2.75) is 43.9 Å². The predicted molar refractivity (Wildman–Crippen MR) is 275 cm³/mol. The third kappa shape index (κ3) is 4.70. The summed E-state index contributed by atoms with van der Waals surface area (Å²) in [6.07, 6.45) is 0. The maximum Gasteiger partial charge on any atom is 0.0725 e. The van der Waals surface area contributed by atoms with E-state index < -0.39 is 0 Å². The highest BCUT2D eigenvalue weighted by Crippen LogP contribution is 2.64. The molecule has 0 saturated carbocycles. The van der Waals surface area contributed by atoms with Gasteiger partial charge < -0.3 is 4.90 Å². The molecule has 0 aliphatic heterocycles. The van der Waals surface area contributed by atoms with Crippen LogP contribution < -0.4 is 4.90 Å². The molecule has 1 heteroatoms. The van der Waals surface area contributed by atoms with Crippen molar-refractivity contribution in [3.63, 3.8) is 0 Å². The van der Waals surface area contributed by atoms with Crippen LogP contribution in [0.25, 0.3) is 66.4 Å². The van der Waals surface area contributed by atoms with Crippen molar-refractivity contribution in [2.24, 2.45) is 0 Å². The molecular weight excluding hydrogens is 795 g/mol. The molecule has 0 heterocycles. The first-order valence-electron chi connectivity index (χ1n) is 23.5. The van der Waals surface area contributed by atoms with Gasteiger partial charge in [-0.1, -0.05) is 210 Å². The lowest BCUT2D eigenvalue weighted by Gasteiger charge is -2.31. The number of fused-ring (bicyclic) bond motifs is 18. The van der Waals surface area contributed by atoms with Crippen molar-refractivity contribution in [1.29, 1.82) is 0 Å². The van der Waals surface area contributed by atoms with Crippen LogP contribution in [0.1, 0.15) is 72.2 Å². The molecule has 66 heavy (non-hydrogen) atoms. The number of hydrogen-bond acceptors (Lipinski definition) is 1. The molecule has 0 fully saturated rings. The van der Waals surface area contributed by atoms with E-state index in [1.807, 2.05) is 0 Å². The van der Waals surface area contributed by atoms with Crippen LogP contribution >= 0.6 is 0 Å². The van der Waals surface area contributed by atoms with Crippen LogP contribution in [-0.4, -0.2) is 0 Å². The summed E-state index contributed by atoms with van der Waals surface area (Å²) in [6, 6.07) is 80.5. The highest BCUT2D eigenvalue weighted by atomic mass is 15.1. The molecule has 14 rings (SSSR count). The summed E-state index contributed by atoms with van der Waals surface area (Å²) < 4.78 is 0. The summed E-state index contributed by atoms with van der Waals surface area (Å²) in [4.78, 5) is 2.55. The van der Waals surface area contributed by atoms with E-state index in [1.54, 1.807) is 0 Å². The predicted octanol–water partition coefficient (Wildman–Crippen LogP) is 16.9. The van der Waals surface area contributed by atoms with Crippen LogP contribution in [0.2, 0.25) is 0 Å². The molecule has 4 aliphatic rings. The van der Waals surface area contributed by atoms with Crippen molar-refractivity contribution in [2.75, 3.05) is 4.90 Å². The smallest absolute Gasteiger partial charge is 0.0725 e. The SMILES string of the molecule is CC1(C)c2ccccc2-c2ccc(N(c3ccc(-c4cccc5c4-c4ccccc4C54c5ccccc5-c5ccccc54)cc3)c3cc4ccccc4c4c3-c3ccccc3C4(C)C)cc21. The largest absolute Gasteiger partial charge is 0.310 e. The fourth-order valence-electron chi connectivity index (χ4n) is 13.2. The van der Waals surface area contributed by atoms with Gasteiger partial charge in [-0.2, -0.15) is 0 Å². The van der Waals surface area contributed by atoms with Crippen LogP contribution in [0.5, 0.6) is 0 Å². The normalized spacial score (nSPS) is 15.3. The summed E-state index contributed by atoms with van der Waals surface area (Å²) in [5, 5.41) is 2.58. The van der Waals surface area contributed by atoms with Gasteiger partial charge in [0.1, 0.15) is 0 Å². The molecule has 4 aliphatic carbocycles. The van der Waals surface area contributed by atoms with Gasteiger partial charge in [-0.25, -0.2) is 0 Å². The zero-order valence-corrected chi connectivity index (χ0v) is 37.7. The van der Waals surface area contributed by atoms with E-state index in [4.69, 9.17) is 0 Å². The molecule has 312 valence electrons. The molecule has 0 saturated heterocycles. The topological polar surface area (TPSA) is 3.24 Å². The molecule has 0 radical (unpaired) electrons. The molecule has 0 N–H and O–H groups in total. The Bertz CT molecular complexity index is 3670. The molecular formula is C65H47N. The van der Waals surface area contributed by atoms with Gasteiger partial charge in [0, 0.05) is 27.8 Å². The Labute approximate surface area is 387 Å². The Morgan fingerprint density at radius 1 is 0.318 bits per heavy atom. The molecule has 10 aromatic carbocycles. The summed E-state index contributed by atoms with van der Waals surface area (Å²) in [5.74, 6) is 0. The fraction of sp³-hybridized carbons (Fsp3) is 0.108. The second-order valence-corrected chi connectivity index (χ2v) is 19.9. The van der Waals surface area contributed by atoms with Crippen LogP contribution in [0.3, 0.4) is 0 Å². The van der Waals surface area contributed by atoms with Gasteiger partial charge in [-0.05, 0) is 136 Å². The van der Waals surface area contributed by atoms with E-state index in [9.17, 15) is 0 Å². The molecule has 0 bridgehead atoms. The minimum absolute atomic E-state index is 0.140. The zero-order chi connectivity index (χ0) is 44.1. The first kappa shape index (κ1) is 37.6. The molecule has 1 spiro atoms. The Balaban J connectivity index is 0.992. The summed E-state index contributed by atoms with van der Waals surface area (Å²) in [7, 11) is 0. The van der Waals surface area contributed by atoms with Crippen LogP contribution in [0, 0.1) is 0 Å². The number of nitrogens with zero attached hydrogens (tertiary/aromatic N) is 1. The first-order chi connectivity index (χ1) is 32.3. The lowest BCUT2D eigenvalue weighted by Crippen LogP contribution is -2.25. The van der Waals surface area contributed by atoms with Gasteiger partial charge in [0.05, 0.1) is 11.1 Å². The van der Waals surface area contributed by atoms with Crippen LogP contribution in [0.4, 0.5) is 17.1 Å². The second-order valence-electron chi connectivity index (χ2n) is 19.9. The molecule has 0 aromatic heterocycles. The minimum atomic E-state index is -0.382. The maximum atomic E-state index is 2.55. The van der Waals surface area contributed by atoms with E-state index in [0.717, 1.165) is 11.4 Å².